The second kappa shape index (κ2) is 6.55. The second-order valence-corrected chi connectivity index (χ2v) is 6.68. The van der Waals surface area contributed by atoms with Crippen LogP contribution in [0.25, 0.3) is 0 Å². The molecule has 0 aliphatic heterocycles. The van der Waals surface area contributed by atoms with Gasteiger partial charge in [0.25, 0.3) is 0 Å². The summed E-state index contributed by atoms with van der Waals surface area (Å²) in [6.07, 6.45) is 0. The fraction of sp³-hybridized carbons (Fsp3) is 0.333. The Morgan fingerprint density at radius 2 is 2.11 bits per heavy atom. The van der Waals surface area contributed by atoms with Gasteiger partial charge < -0.3 is 10.1 Å². The molecule has 0 radical (unpaired) electrons. The molecular weight excluding hydrogens is 322 g/mol. The molecule has 1 heterocycles. The first kappa shape index (κ1) is 14.6. The summed E-state index contributed by atoms with van der Waals surface area (Å²) in [5, 5.41) is 3.55. The Labute approximate surface area is 126 Å². The maximum absolute atomic E-state index is 5.26. The minimum Gasteiger partial charge on any atom is -0.497 e. The van der Waals surface area contributed by atoms with E-state index in [9.17, 15) is 0 Å². The number of thiophene rings is 1. The van der Waals surface area contributed by atoms with E-state index < -0.39 is 0 Å². The summed E-state index contributed by atoms with van der Waals surface area (Å²) in [4.78, 5) is 2.72. The van der Waals surface area contributed by atoms with Gasteiger partial charge in [0.15, 0.2) is 0 Å². The van der Waals surface area contributed by atoms with E-state index in [-0.39, 0.29) is 0 Å². The van der Waals surface area contributed by atoms with Gasteiger partial charge in [-0.3, -0.25) is 0 Å². The van der Waals surface area contributed by atoms with E-state index in [2.05, 4.69) is 53.3 Å². The molecule has 0 saturated carbocycles. The van der Waals surface area contributed by atoms with Crippen molar-refractivity contribution < 1.29 is 4.74 Å². The minimum absolute atomic E-state index is 0.358. The van der Waals surface area contributed by atoms with Crippen molar-refractivity contribution in [2.45, 2.75) is 26.4 Å². The van der Waals surface area contributed by atoms with E-state index in [1.165, 1.54) is 15.3 Å². The SMILES string of the molecule is COc1ccc(Br)c(CNC(C)c2ccc(C)s2)c1. The lowest BCUT2D eigenvalue weighted by Crippen LogP contribution is -2.17. The standard InChI is InChI=1S/C15H18BrNOS/c1-10-4-7-15(19-10)11(2)17-9-12-8-13(18-3)5-6-14(12)16/h4-8,11,17H,9H2,1-3H3. The molecule has 1 unspecified atom stereocenters. The number of hydrogen-bond donors (Lipinski definition) is 1. The highest BCUT2D eigenvalue weighted by molar-refractivity contribution is 9.10. The fourth-order valence-electron chi connectivity index (χ4n) is 1.86. The highest BCUT2D eigenvalue weighted by Crippen LogP contribution is 2.25. The second-order valence-electron chi connectivity index (χ2n) is 4.51. The highest BCUT2D eigenvalue weighted by atomic mass is 79.9. The average molecular weight is 340 g/mol. The molecule has 0 saturated heterocycles. The lowest BCUT2D eigenvalue weighted by Gasteiger charge is -2.14. The molecule has 2 aromatic rings. The molecular formula is C15H18BrNOS. The van der Waals surface area contributed by atoms with Crippen molar-refractivity contribution in [3.05, 3.63) is 50.1 Å². The molecule has 1 atom stereocenters. The average Bonchev–Trinajstić information content (AvgIpc) is 2.84. The van der Waals surface area contributed by atoms with Crippen LogP contribution < -0.4 is 10.1 Å². The molecule has 0 aliphatic rings. The number of hydrogen-bond acceptors (Lipinski definition) is 3. The van der Waals surface area contributed by atoms with Crippen LogP contribution in [0.2, 0.25) is 0 Å². The van der Waals surface area contributed by atoms with Crippen LogP contribution in [-0.2, 0) is 6.54 Å². The monoisotopic (exact) mass is 339 g/mol. The van der Waals surface area contributed by atoms with E-state index in [4.69, 9.17) is 4.74 Å². The van der Waals surface area contributed by atoms with E-state index in [1.54, 1.807) is 7.11 Å². The van der Waals surface area contributed by atoms with Crippen LogP contribution in [0.4, 0.5) is 0 Å². The predicted octanol–water partition coefficient (Wildman–Crippen LogP) is 4.68. The largest absolute Gasteiger partial charge is 0.497 e. The van der Waals surface area contributed by atoms with Crippen LogP contribution in [0.5, 0.6) is 5.75 Å². The summed E-state index contributed by atoms with van der Waals surface area (Å²) >= 11 is 5.42. The lowest BCUT2D eigenvalue weighted by atomic mass is 10.2. The molecule has 1 aromatic carbocycles. The predicted molar refractivity (Wildman–Crippen MR) is 85.0 cm³/mol. The summed E-state index contributed by atoms with van der Waals surface area (Å²) in [7, 11) is 1.69. The summed E-state index contributed by atoms with van der Waals surface area (Å²) in [6, 6.07) is 10.8. The Morgan fingerprint density at radius 1 is 1.32 bits per heavy atom. The Kier molecular flexibility index (Phi) is 5.02. The maximum Gasteiger partial charge on any atom is 0.119 e. The van der Waals surface area contributed by atoms with Crippen LogP contribution in [0.1, 0.15) is 28.3 Å². The molecule has 2 nitrogen and oxygen atoms in total. The van der Waals surface area contributed by atoms with Gasteiger partial charge in [0.1, 0.15) is 5.75 Å². The molecule has 1 aromatic heterocycles. The Morgan fingerprint density at radius 3 is 2.74 bits per heavy atom. The first-order chi connectivity index (χ1) is 9.10. The van der Waals surface area contributed by atoms with Crippen molar-refractivity contribution >= 4 is 27.3 Å². The van der Waals surface area contributed by atoms with Gasteiger partial charge in [0.2, 0.25) is 0 Å². The van der Waals surface area contributed by atoms with Gasteiger partial charge in [0, 0.05) is 26.8 Å². The maximum atomic E-state index is 5.26. The topological polar surface area (TPSA) is 21.3 Å². The number of nitrogens with one attached hydrogen (secondary N) is 1. The Bertz CT molecular complexity index is 553. The number of rotatable bonds is 5. The molecule has 102 valence electrons. The molecule has 0 spiro atoms. The molecule has 19 heavy (non-hydrogen) atoms. The van der Waals surface area contributed by atoms with E-state index in [1.807, 2.05) is 23.5 Å². The van der Waals surface area contributed by atoms with Crippen molar-refractivity contribution in [1.82, 2.24) is 5.32 Å². The molecule has 0 bridgehead atoms. The lowest BCUT2D eigenvalue weighted by molar-refractivity contribution is 0.413. The number of halogens is 1. The molecule has 0 amide bonds. The van der Waals surface area contributed by atoms with Crippen LogP contribution in [0.15, 0.2) is 34.8 Å². The smallest absolute Gasteiger partial charge is 0.119 e. The molecule has 2 rings (SSSR count). The number of methoxy groups -OCH3 is 1. The molecule has 1 N–H and O–H groups in total. The quantitative estimate of drug-likeness (QED) is 0.853. The fourth-order valence-corrected chi connectivity index (χ4v) is 3.15. The van der Waals surface area contributed by atoms with E-state index in [0.29, 0.717) is 6.04 Å². The summed E-state index contributed by atoms with van der Waals surface area (Å²) in [5.74, 6) is 0.889. The van der Waals surface area contributed by atoms with Gasteiger partial charge in [-0.05, 0) is 49.7 Å². The van der Waals surface area contributed by atoms with E-state index >= 15 is 0 Å². The van der Waals surface area contributed by atoms with Crippen molar-refractivity contribution in [3.8, 4) is 5.75 Å². The van der Waals surface area contributed by atoms with Crippen molar-refractivity contribution in [1.29, 1.82) is 0 Å². The van der Waals surface area contributed by atoms with Crippen molar-refractivity contribution in [3.63, 3.8) is 0 Å². The summed E-state index contributed by atoms with van der Waals surface area (Å²) in [6.45, 7) is 5.15. The zero-order chi connectivity index (χ0) is 13.8. The van der Waals surface area contributed by atoms with Crippen molar-refractivity contribution in [2.24, 2.45) is 0 Å². The summed E-state index contributed by atoms with van der Waals surface area (Å²) in [5.41, 5.74) is 1.21. The number of ether oxygens (including phenoxy) is 1. The highest BCUT2D eigenvalue weighted by Gasteiger charge is 2.08. The molecule has 4 heteroatoms. The third kappa shape index (κ3) is 3.81. The Balaban J connectivity index is 2.02. The van der Waals surface area contributed by atoms with Crippen LogP contribution in [0, 0.1) is 6.92 Å². The third-order valence-electron chi connectivity index (χ3n) is 3.04. The number of benzene rings is 1. The van der Waals surface area contributed by atoms with Gasteiger partial charge in [-0.15, -0.1) is 11.3 Å². The van der Waals surface area contributed by atoms with Gasteiger partial charge in [0.05, 0.1) is 7.11 Å². The molecule has 0 fully saturated rings. The third-order valence-corrected chi connectivity index (χ3v) is 5.00. The van der Waals surface area contributed by atoms with Crippen LogP contribution in [0.3, 0.4) is 0 Å². The zero-order valence-corrected chi connectivity index (χ0v) is 13.8. The summed E-state index contributed by atoms with van der Waals surface area (Å²) < 4.78 is 6.36. The van der Waals surface area contributed by atoms with Gasteiger partial charge >= 0.3 is 0 Å². The zero-order valence-electron chi connectivity index (χ0n) is 11.4. The van der Waals surface area contributed by atoms with Crippen molar-refractivity contribution in [2.75, 3.05) is 7.11 Å². The molecule has 0 aliphatic carbocycles. The normalized spacial score (nSPS) is 12.4. The van der Waals surface area contributed by atoms with Gasteiger partial charge in [-0.25, -0.2) is 0 Å². The first-order valence-electron chi connectivity index (χ1n) is 6.22. The van der Waals surface area contributed by atoms with Gasteiger partial charge in [-0.1, -0.05) is 15.9 Å². The Hall–Kier alpha value is -0.840. The van der Waals surface area contributed by atoms with Crippen LogP contribution >= 0.6 is 27.3 Å². The minimum atomic E-state index is 0.358. The number of aryl methyl sites for hydroxylation is 1. The first-order valence-corrected chi connectivity index (χ1v) is 7.83. The van der Waals surface area contributed by atoms with Crippen LogP contribution in [-0.4, -0.2) is 7.11 Å². The van der Waals surface area contributed by atoms with E-state index in [0.717, 1.165) is 16.8 Å². The van der Waals surface area contributed by atoms with Gasteiger partial charge in [-0.2, -0.15) is 0 Å².